The van der Waals surface area contributed by atoms with Crippen LogP contribution in [0.15, 0.2) is 59.8 Å². The summed E-state index contributed by atoms with van der Waals surface area (Å²) in [7, 11) is 2.12. The van der Waals surface area contributed by atoms with Crippen molar-refractivity contribution in [2.45, 2.75) is 25.9 Å². The molecule has 0 atom stereocenters. The minimum Gasteiger partial charge on any atom is -0.324 e. The Balaban J connectivity index is 1.47. The number of halogens is 2. The predicted octanol–water partition coefficient (Wildman–Crippen LogP) is 5.16. The van der Waals surface area contributed by atoms with E-state index in [2.05, 4.69) is 58.2 Å². The lowest BCUT2D eigenvalue weighted by Gasteiger charge is -2.28. The molecule has 0 bridgehead atoms. The monoisotopic (exact) mass is 505 g/mol. The molecule has 0 fully saturated rings. The Kier molecular flexibility index (Phi) is 4.90. The highest BCUT2D eigenvalue weighted by atomic mass is 35.5. The van der Waals surface area contributed by atoms with E-state index in [1.54, 1.807) is 35.0 Å². The van der Waals surface area contributed by atoms with E-state index in [0.717, 1.165) is 12.2 Å². The smallest absolute Gasteiger partial charge is 0.270 e. The van der Waals surface area contributed by atoms with E-state index in [1.165, 1.54) is 21.9 Å². The zero-order valence-corrected chi connectivity index (χ0v) is 20.8. The van der Waals surface area contributed by atoms with Crippen LogP contribution in [0.5, 0.6) is 0 Å². The van der Waals surface area contributed by atoms with Gasteiger partial charge in [-0.2, -0.15) is 4.98 Å². The normalized spacial score (nSPS) is 15.1. The van der Waals surface area contributed by atoms with Crippen molar-refractivity contribution in [3.8, 4) is 5.69 Å². The number of nitrogens with zero attached hydrogens (tertiary/aromatic N) is 6. The Bertz CT molecular complexity index is 1690. The summed E-state index contributed by atoms with van der Waals surface area (Å²) in [6, 6.07) is 11.4. The molecule has 0 saturated carbocycles. The Morgan fingerprint density at radius 1 is 1.09 bits per heavy atom. The van der Waals surface area contributed by atoms with Crippen LogP contribution in [0.3, 0.4) is 0 Å². The number of rotatable bonds is 3. The average Bonchev–Trinajstić information content (AvgIpc) is 3.38. The molecule has 0 saturated heterocycles. The molecule has 5 aromatic rings. The third-order valence-electron chi connectivity index (χ3n) is 6.80. The van der Waals surface area contributed by atoms with Crippen molar-refractivity contribution in [3.05, 3.63) is 86.5 Å². The molecule has 3 aromatic heterocycles. The second-order valence-corrected chi connectivity index (χ2v) is 9.97. The molecule has 2 aromatic carbocycles. The molecule has 0 unspecified atom stereocenters. The maximum atomic E-state index is 13.5. The topological polar surface area (TPSA) is 80.4 Å². The summed E-state index contributed by atoms with van der Waals surface area (Å²) in [5, 5.41) is 4.28. The number of imidazole rings is 1. The van der Waals surface area contributed by atoms with E-state index in [9.17, 15) is 4.79 Å². The largest absolute Gasteiger partial charge is 0.324 e. The van der Waals surface area contributed by atoms with Gasteiger partial charge in [0.15, 0.2) is 5.65 Å². The van der Waals surface area contributed by atoms with Crippen molar-refractivity contribution in [1.29, 1.82) is 0 Å². The fourth-order valence-corrected chi connectivity index (χ4v) is 5.26. The van der Waals surface area contributed by atoms with Gasteiger partial charge in [0.1, 0.15) is 5.39 Å². The molecule has 35 heavy (non-hydrogen) atoms. The van der Waals surface area contributed by atoms with Gasteiger partial charge in [-0.25, -0.2) is 14.5 Å². The first kappa shape index (κ1) is 22.0. The quantitative estimate of drug-likeness (QED) is 0.364. The number of benzene rings is 2. The molecular weight excluding hydrogens is 485 g/mol. The summed E-state index contributed by atoms with van der Waals surface area (Å²) in [5.74, 6) is 0.732. The fraction of sp³-hybridized carbons (Fsp3) is 0.200. The molecule has 10 heteroatoms. The van der Waals surface area contributed by atoms with Gasteiger partial charge in [-0.15, -0.1) is 0 Å². The Hall–Kier alpha value is -3.46. The number of nitrogens with one attached hydrogen (secondary N) is 1. The van der Waals surface area contributed by atoms with E-state index in [4.69, 9.17) is 23.2 Å². The van der Waals surface area contributed by atoms with Crippen molar-refractivity contribution >= 4 is 51.6 Å². The van der Waals surface area contributed by atoms with Gasteiger partial charge >= 0.3 is 0 Å². The van der Waals surface area contributed by atoms with E-state index >= 15 is 0 Å². The number of hydrogen-bond donors (Lipinski definition) is 1. The predicted molar refractivity (Wildman–Crippen MR) is 138 cm³/mol. The summed E-state index contributed by atoms with van der Waals surface area (Å²) in [5.41, 5.74) is 3.89. The molecule has 1 N–H and O–H groups in total. The number of fused-ring (bicyclic) bond motifs is 4. The van der Waals surface area contributed by atoms with Crippen molar-refractivity contribution in [2.75, 3.05) is 12.4 Å². The summed E-state index contributed by atoms with van der Waals surface area (Å²) >= 11 is 12.8. The third-order valence-corrected chi connectivity index (χ3v) is 7.41. The molecule has 0 aliphatic carbocycles. The third kappa shape index (κ3) is 3.32. The van der Waals surface area contributed by atoms with Crippen LogP contribution in [0.4, 0.5) is 11.6 Å². The molecule has 8 nitrogen and oxygen atoms in total. The van der Waals surface area contributed by atoms with Crippen molar-refractivity contribution < 1.29 is 0 Å². The van der Waals surface area contributed by atoms with Crippen LogP contribution in [-0.4, -0.2) is 35.9 Å². The van der Waals surface area contributed by atoms with Gasteiger partial charge in [-0.05, 0) is 56.3 Å². The Labute approximate surface area is 210 Å². The SMILES string of the molecule is CN1Cc2cc(Nc3ncc4c(=O)n(-c5c(Cl)cccc5Cl)c5nccn5c4n3)ccc2C1(C)C. The number of hydrogen-bond acceptors (Lipinski definition) is 6. The minimum absolute atomic E-state index is 0.00914. The maximum absolute atomic E-state index is 13.5. The van der Waals surface area contributed by atoms with Crippen LogP contribution >= 0.6 is 23.2 Å². The molecule has 1 aliphatic heterocycles. The molecule has 1 aliphatic rings. The number of aromatic nitrogens is 5. The van der Waals surface area contributed by atoms with Crippen molar-refractivity contribution in [2.24, 2.45) is 0 Å². The van der Waals surface area contributed by atoms with Gasteiger partial charge in [0, 0.05) is 36.4 Å². The second-order valence-electron chi connectivity index (χ2n) is 9.15. The van der Waals surface area contributed by atoms with Crippen LogP contribution in [-0.2, 0) is 12.1 Å². The maximum Gasteiger partial charge on any atom is 0.270 e. The van der Waals surface area contributed by atoms with Gasteiger partial charge in [0.05, 0.1) is 15.7 Å². The summed E-state index contributed by atoms with van der Waals surface area (Å²) in [6.07, 6.45) is 4.85. The number of anilines is 2. The zero-order valence-electron chi connectivity index (χ0n) is 19.3. The van der Waals surface area contributed by atoms with Crippen LogP contribution < -0.4 is 10.9 Å². The summed E-state index contributed by atoms with van der Waals surface area (Å²) in [6.45, 7) is 5.31. The Morgan fingerprint density at radius 2 is 1.86 bits per heavy atom. The lowest BCUT2D eigenvalue weighted by molar-refractivity contribution is 0.178. The fourth-order valence-electron chi connectivity index (χ4n) is 4.70. The van der Waals surface area contributed by atoms with Gasteiger partial charge in [-0.1, -0.05) is 35.3 Å². The molecule has 4 heterocycles. The zero-order chi connectivity index (χ0) is 24.5. The first-order chi connectivity index (χ1) is 16.8. The van der Waals surface area contributed by atoms with Gasteiger partial charge in [-0.3, -0.25) is 14.1 Å². The van der Waals surface area contributed by atoms with E-state index in [0.29, 0.717) is 38.5 Å². The van der Waals surface area contributed by atoms with Crippen LogP contribution in [0.1, 0.15) is 25.0 Å². The number of para-hydroxylation sites is 1. The van der Waals surface area contributed by atoms with Crippen molar-refractivity contribution in [3.63, 3.8) is 0 Å². The van der Waals surface area contributed by atoms with Gasteiger partial charge < -0.3 is 5.32 Å². The lowest BCUT2D eigenvalue weighted by Crippen LogP contribution is -2.31. The molecule has 6 rings (SSSR count). The van der Waals surface area contributed by atoms with Gasteiger partial charge in [0.25, 0.3) is 5.56 Å². The molecule has 0 amide bonds. The molecule has 176 valence electrons. The van der Waals surface area contributed by atoms with Gasteiger partial charge in [0.2, 0.25) is 11.7 Å². The Morgan fingerprint density at radius 3 is 2.63 bits per heavy atom. The van der Waals surface area contributed by atoms with Crippen LogP contribution in [0, 0.1) is 0 Å². The van der Waals surface area contributed by atoms with E-state index < -0.39 is 0 Å². The van der Waals surface area contributed by atoms with Crippen molar-refractivity contribution in [1.82, 2.24) is 28.8 Å². The highest BCUT2D eigenvalue weighted by Crippen LogP contribution is 2.38. The molecule has 0 radical (unpaired) electrons. The van der Waals surface area contributed by atoms with E-state index in [1.807, 2.05) is 6.07 Å². The average molecular weight is 506 g/mol. The molecular formula is C25H21Cl2N7O. The summed E-state index contributed by atoms with van der Waals surface area (Å²) in [4.78, 5) is 29.3. The highest BCUT2D eigenvalue weighted by Gasteiger charge is 2.34. The second kappa shape index (κ2) is 7.78. The van der Waals surface area contributed by atoms with E-state index in [-0.39, 0.29) is 11.1 Å². The molecule has 0 spiro atoms. The standard InChI is InChI=1S/C25H21Cl2N7O/c1-25(2)17-8-7-15(11-14(17)13-32(25)3)30-23-29-12-16-21(31-23)33-10-9-28-24(33)34(22(16)35)20-18(26)5-4-6-19(20)27/h4-12H,13H2,1-3H3,(H,29,30,31). The minimum atomic E-state index is -0.358. The first-order valence-corrected chi connectivity index (χ1v) is 11.8. The van der Waals surface area contributed by atoms with Crippen LogP contribution in [0.25, 0.3) is 22.5 Å². The summed E-state index contributed by atoms with van der Waals surface area (Å²) < 4.78 is 3.12. The first-order valence-electron chi connectivity index (χ1n) is 11.1. The lowest BCUT2D eigenvalue weighted by atomic mass is 9.94. The highest BCUT2D eigenvalue weighted by molar-refractivity contribution is 6.37. The van der Waals surface area contributed by atoms with Crippen LogP contribution in [0.2, 0.25) is 10.0 Å².